The van der Waals surface area contributed by atoms with Crippen LogP contribution in [0.15, 0.2) is 0 Å². The molecule has 8 nitrogen and oxygen atoms in total. The van der Waals surface area contributed by atoms with Gasteiger partial charge in [-0.1, -0.05) is 0 Å². The smallest absolute Gasteiger partial charge is 0.326 e. The van der Waals surface area contributed by atoms with E-state index in [4.69, 9.17) is 15.5 Å². The third-order valence-corrected chi connectivity index (χ3v) is 2.83. The average Bonchev–Trinajstić information content (AvgIpc) is 2.36. The Morgan fingerprint density at radius 1 is 1.29 bits per heavy atom. The molecule has 0 radical (unpaired) electrons. The molecule has 0 aromatic carbocycles. The molecule has 0 aliphatic rings. The van der Waals surface area contributed by atoms with Crippen molar-refractivity contribution in [3.8, 4) is 6.07 Å². The van der Waals surface area contributed by atoms with Crippen LogP contribution in [-0.2, 0) is 9.59 Å². The van der Waals surface area contributed by atoms with Gasteiger partial charge in [0.2, 0.25) is 0 Å². The molecule has 118 valence electrons. The lowest BCUT2D eigenvalue weighted by Gasteiger charge is -2.27. The summed E-state index contributed by atoms with van der Waals surface area (Å²) < 4.78 is 0. The van der Waals surface area contributed by atoms with E-state index in [0.717, 1.165) is 0 Å². The zero-order valence-corrected chi connectivity index (χ0v) is 12.2. The van der Waals surface area contributed by atoms with Crippen molar-refractivity contribution in [1.82, 2.24) is 10.2 Å². The monoisotopic (exact) mass is 299 g/mol. The zero-order chi connectivity index (χ0) is 16.4. The van der Waals surface area contributed by atoms with E-state index in [-0.39, 0.29) is 38.3 Å². The Bertz CT molecular complexity index is 417. The molecule has 2 amide bonds. The average molecular weight is 299 g/mol. The number of hydrogen-bond donors (Lipinski definition) is 3. The predicted octanol–water partition coefficient (Wildman–Crippen LogP) is 1.03. The van der Waals surface area contributed by atoms with Crippen molar-refractivity contribution in [1.29, 1.82) is 5.26 Å². The van der Waals surface area contributed by atoms with Crippen molar-refractivity contribution in [2.24, 2.45) is 0 Å². The molecule has 3 N–H and O–H groups in total. The van der Waals surface area contributed by atoms with E-state index >= 15 is 0 Å². The molecule has 0 spiro atoms. The van der Waals surface area contributed by atoms with Crippen LogP contribution in [0, 0.1) is 11.3 Å². The van der Waals surface area contributed by atoms with E-state index in [0.29, 0.717) is 0 Å². The van der Waals surface area contributed by atoms with Gasteiger partial charge in [0, 0.05) is 19.0 Å². The summed E-state index contributed by atoms with van der Waals surface area (Å²) in [6, 6.07) is 0.0479. The second kappa shape index (κ2) is 9.58. The van der Waals surface area contributed by atoms with Gasteiger partial charge in [-0.25, -0.2) is 9.59 Å². The van der Waals surface area contributed by atoms with Crippen molar-refractivity contribution in [2.45, 2.75) is 51.6 Å². The summed E-state index contributed by atoms with van der Waals surface area (Å²) in [5.74, 6) is -2.22. The highest BCUT2D eigenvalue weighted by Gasteiger charge is 2.24. The standard InChI is InChI=1S/C13H21N3O5/c1-9(2)16(8-4-7-14)13(21)15-10(12(19)20)5-3-6-11(17)18/h9-10H,3-6,8H2,1-2H3,(H,15,21)(H,17,18)(H,19,20)/t10-/m1/s1. The molecule has 8 heteroatoms. The van der Waals surface area contributed by atoms with E-state index in [2.05, 4.69) is 5.32 Å². The highest BCUT2D eigenvalue weighted by atomic mass is 16.4. The van der Waals surface area contributed by atoms with Crippen molar-refractivity contribution in [3.63, 3.8) is 0 Å². The van der Waals surface area contributed by atoms with Crippen LogP contribution in [-0.4, -0.2) is 51.7 Å². The fourth-order valence-corrected chi connectivity index (χ4v) is 1.71. The van der Waals surface area contributed by atoms with E-state index < -0.39 is 24.0 Å². The van der Waals surface area contributed by atoms with Gasteiger partial charge >= 0.3 is 18.0 Å². The van der Waals surface area contributed by atoms with Crippen LogP contribution in [0.4, 0.5) is 4.79 Å². The number of urea groups is 1. The fraction of sp³-hybridized carbons (Fsp3) is 0.692. The Balaban J connectivity index is 4.59. The Labute approximate surface area is 123 Å². The number of aliphatic carboxylic acids is 2. The molecule has 0 aromatic heterocycles. The largest absolute Gasteiger partial charge is 0.481 e. The molecule has 0 aromatic rings. The van der Waals surface area contributed by atoms with Gasteiger partial charge in [-0.05, 0) is 26.7 Å². The number of carbonyl (C=O) groups excluding carboxylic acids is 1. The lowest BCUT2D eigenvalue weighted by Crippen LogP contribution is -2.50. The van der Waals surface area contributed by atoms with Gasteiger partial charge in [-0.15, -0.1) is 0 Å². The summed E-state index contributed by atoms with van der Waals surface area (Å²) in [6.45, 7) is 3.73. The third kappa shape index (κ3) is 7.77. The number of rotatable bonds is 9. The van der Waals surface area contributed by atoms with E-state index in [1.807, 2.05) is 6.07 Å². The quantitative estimate of drug-likeness (QED) is 0.582. The number of nitriles is 1. The van der Waals surface area contributed by atoms with Gasteiger partial charge in [0.15, 0.2) is 0 Å². The molecule has 0 aliphatic heterocycles. The Morgan fingerprint density at radius 3 is 2.33 bits per heavy atom. The van der Waals surface area contributed by atoms with E-state index in [1.54, 1.807) is 13.8 Å². The van der Waals surface area contributed by atoms with Crippen LogP contribution >= 0.6 is 0 Å². The van der Waals surface area contributed by atoms with Gasteiger partial charge in [0.1, 0.15) is 6.04 Å². The van der Waals surface area contributed by atoms with Gasteiger partial charge < -0.3 is 20.4 Å². The molecule has 0 saturated heterocycles. The molecule has 0 fully saturated rings. The number of nitrogens with zero attached hydrogens (tertiary/aromatic N) is 2. The SMILES string of the molecule is CC(C)N(CCC#N)C(=O)N[C@H](CCCC(=O)O)C(=O)O. The summed E-state index contributed by atoms with van der Waals surface area (Å²) in [5.41, 5.74) is 0. The van der Waals surface area contributed by atoms with Crippen molar-refractivity contribution >= 4 is 18.0 Å². The number of carboxylic acid groups (broad SMARTS) is 2. The van der Waals surface area contributed by atoms with Crippen LogP contribution < -0.4 is 5.32 Å². The van der Waals surface area contributed by atoms with Crippen molar-refractivity contribution in [3.05, 3.63) is 0 Å². The van der Waals surface area contributed by atoms with Gasteiger partial charge in [0.25, 0.3) is 0 Å². The third-order valence-electron chi connectivity index (χ3n) is 2.83. The summed E-state index contributed by atoms with van der Waals surface area (Å²) in [4.78, 5) is 34.9. The molecule has 0 saturated carbocycles. The van der Waals surface area contributed by atoms with Gasteiger partial charge in [-0.3, -0.25) is 4.79 Å². The summed E-state index contributed by atoms with van der Waals surface area (Å²) >= 11 is 0. The van der Waals surface area contributed by atoms with Gasteiger partial charge in [0.05, 0.1) is 12.5 Å². The molecule has 0 unspecified atom stereocenters. The zero-order valence-electron chi connectivity index (χ0n) is 12.2. The Kier molecular flexibility index (Phi) is 8.53. The maximum Gasteiger partial charge on any atom is 0.326 e. The number of nitrogens with one attached hydrogen (secondary N) is 1. The minimum Gasteiger partial charge on any atom is -0.481 e. The fourth-order valence-electron chi connectivity index (χ4n) is 1.71. The van der Waals surface area contributed by atoms with Crippen LogP contribution in [0.5, 0.6) is 0 Å². The summed E-state index contributed by atoms with van der Waals surface area (Å²) in [5, 5.41) is 28.5. The molecule has 0 heterocycles. The molecular formula is C13H21N3O5. The molecule has 0 rings (SSSR count). The maximum absolute atomic E-state index is 12.0. The second-order valence-electron chi connectivity index (χ2n) is 4.82. The summed E-state index contributed by atoms with van der Waals surface area (Å²) in [6.07, 6.45) is 0.203. The highest BCUT2D eigenvalue weighted by molar-refractivity contribution is 5.82. The summed E-state index contributed by atoms with van der Waals surface area (Å²) in [7, 11) is 0. The Morgan fingerprint density at radius 2 is 1.90 bits per heavy atom. The molecule has 0 bridgehead atoms. The topological polar surface area (TPSA) is 131 Å². The minimum absolute atomic E-state index is 0.0392. The lowest BCUT2D eigenvalue weighted by atomic mass is 10.1. The first-order valence-corrected chi connectivity index (χ1v) is 6.68. The second-order valence-corrected chi connectivity index (χ2v) is 4.82. The van der Waals surface area contributed by atoms with Crippen LogP contribution in [0.25, 0.3) is 0 Å². The van der Waals surface area contributed by atoms with E-state index in [9.17, 15) is 14.4 Å². The molecule has 0 aliphatic carbocycles. The molecule has 21 heavy (non-hydrogen) atoms. The predicted molar refractivity (Wildman–Crippen MR) is 73.5 cm³/mol. The first-order chi connectivity index (χ1) is 9.79. The number of amides is 2. The van der Waals surface area contributed by atoms with Crippen molar-refractivity contribution in [2.75, 3.05) is 6.54 Å². The van der Waals surface area contributed by atoms with Crippen LogP contribution in [0.3, 0.4) is 0 Å². The van der Waals surface area contributed by atoms with Crippen molar-refractivity contribution < 1.29 is 24.6 Å². The highest BCUT2D eigenvalue weighted by Crippen LogP contribution is 2.05. The normalized spacial score (nSPS) is 11.5. The first-order valence-electron chi connectivity index (χ1n) is 6.68. The molecular weight excluding hydrogens is 278 g/mol. The Hall–Kier alpha value is -2.30. The van der Waals surface area contributed by atoms with Crippen LogP contribution in [0.1, 0.15) is 39.5 Å². The van der Waals surface area contributed by atoms with Crippen LogP contribution in [0.2, 0.25) is 0 Å². The minimum atomic E-state index is -1.21. The van der Waals surface area contributed by atoms with Gasteiger partial charge in [-0.2, -0.15) is 5.26 Å². The first kappa shape index (κ1) is 18.7. The number of hydrogen-bond acceptors (Lipinski definition) is 4. The van der Waals surface area contributed by atoms with E-state index in [1.165, 1.54) is 4.90 Å². The maximum atomic E-state index is 12.0. The number of carbonyl (C=O) groups is 3. The molecule has 1 atom stereocenters. The lowest BCUT2D eigenvalue weighted by molar-refractivity contribution is -0.140. The number of carboxylic acids is 2.